The summed E-state index contributed by atoms with van der Waals surface area (Å²) in [6.07, 6.45) is -0.671. The Kier molecular flexibility index (Phi) is 4.13. The molecule has 2 rings (SSSR count). The smallest absolute Gasteiger partial charge is 0.319 e. The van der Waals surface area contributed by atoms with Crippen molar-refractivity contribution in [1.82, 2.24) is 20.1 Å². The molecule has 3 unspecified atom stereocenters. The number of rotatable bonds is 3. The quantitative estimate of drug-likeness (QED) is 0.922. The Bertz CT molecular complexity index is 415. The second-order valence-corrected chi connectivity index (χ2v) is 5.29. The molecule has 1 aromatic heterocycles. The largest absolute Gasteiger partial charge is 0.391 e. The highest BCUT2D eigenvalue weighted by Gasteiger charge is 2.42. The van der Waals surface area contributed by atoms with E-state index in [9.17, 15) is 13.2 Å². The van der Waals surface area contributed by atoms with Gasteiger partial charge in [-0.3, -0.25) is 0 Å². The van der Waals surface area contributed by atoms with Crippen LogP contribution in [0.1, 0.15) is 44.5 Å². The van der Waals surface area contributed by atoms with E-state index in [0.717, 1.165) is 12.2 Å². The first-order valence-electron chi connectivity index (χ1n) is 6.54. The molecular formula is C12H19F3N4. The van der Waals surface area contributed by atoms with Crippen LogP contribution in [0.2, 0.25) is 0 Å². The molecule has 0 bridgehead atoms. The second kappa shape index (κ2) is 5.48. The third-order valence-electron chi connectivity index (χ3n) is 3.76. The zero-order valence-electron chi connectivity index (χ0n) is 11.1. The highest BCUT2D eigenvalue weighted by atomic mass is 19.4. The van der Waals surface area contributed by atoms with Gasteiger partial charge in [-0.25, -0.2) is 0 Å². The maximum Gasteiger partial charge on any atom is 0.391 e. The molecule has 0 radical (unpaired) electrons. The van der Waals surface area contributed by atoms with Crippen molar-refractivity contribution < 1.29 is 13.2 Å². The highest BCUT2D eigenvalue weighted by molar-refractivity contribution is 4.94. The van der Waals surface area contributed by atoms with Crippen LogP contribution in [0.5, 0.6) is 0 Å². The summed E-state index contributed by atoms with van der Waals surface area (Å²) in [6.45, 7) is 1.90. The lowest BCUT2D eigenvalue weighted by Crippen LogP contribution is -2.40. The van der Waals surface area contributed by atoms with Crippen LogP contribution >= 0.6 is 0 Å². The van der Waals surface area contributed by atoms with Crippen molar-refractivity contribution in [3.63, 3.8) is 0 Å². The van der Waals surface area contributed by atoms with Crippen molar-refractivity contribution in [2.45, 2.75) is 50.9 Å². The lowest BCUT2D eigenvalue weighted by atomic mass is 9.85. The van der Waals surface area contributed by atoms with E-state index in [1.807, 2.05) is 14.0 Å². The van der Waals surface area contributed by atoms with E-state index in [1.54, 1.807) is 10.9 Å². The number of hydrogen-bond donors (Lipinski definition) is 1. The SMILES string of the molecule is CC(NC1CCCC(C(F)(F)F)C1)c1nncn1C. The molecule has 0 aromatic carbocycles. The zero-order valence-corrected chi connectivity index (χ0v) is 11.1. The van der Waals surface area contributed by atoms with E-state index in [1.165, 1.54) is 0 Å². The number of alkyl halides is 3. The maximum atomic E-state index is 12.7. The van der Waals surface area contributed by atoms with Crippen molar-refractivity contribution in [3.05, 3.63) is 12.2 Å². The molecule has 7 heteroatoms. The lowest BCUT2D eigenvalue weighted by Gasteiger charge is -2.32. The number of nitrogens with zero attached hydrogens (tertiary/aromatic N) is 3. The molecule has 1 heterocycles. The molecule has 19 heavy (non-hydrogen) atoms. The summed E-state index contributed by atoms with van der Waals surface area (Å²) in [5.41, 5.74) is 0. The maximum absolute atomic E-state index is 12.7. The number of aryl methyl sites for hydroxylation is 1. The minimum Gasteiger partial charge on any atom is -0.319 e. The molecule has 1 aliphatic carbocycles. The fourth-order valence-electron chi connectivity index (χ4n) is 2.75. The summed E-state index contributed by atoms with van der Waals surface area (Å²) in [5.74, 6) is -0.431. The predicted molar refractivity (Wildman–Crippen MR) is 64.4 cm³/mol. The Morgan fingerprint density at radius 3 is 2.74 bits per heavy atom. The van der Waals surface area contributed by atoms with Gasteiger partial charge >= 0.3 is 6.18 Å². The number of hydrogen-bond acceptors (Lipinski definition) is 3. The summed E-state index contributed by atoms with van der Waals surface area (Å²) >= 11 is 0. The summed E-state index contributed by atoms with van der Waals surface area (Å²) in [5, 5.41) is 11.0. The molecule has 108 valence electrons. The Hall–Kier alpha value is -1.11. The third-order valence-corrected chi connectivity index (χ3v) is 3.76. The van der Waals surface area contributed by atoms with Crippen molar-refractivity contribution in [2.75, 3.05) is 0 Å². The van der Waals surface area contributed by atoms with Gasteiger partial charge in [0.05, 0.1) is 12.0 Å². The monoisotopic (exact) mass is 276 g/mol. The molecule has 0 saturated heterocycles. The van der Waals surface area contributed by atoms with Gasteiger partial charge in [0, 0.05) is 13.1 Å². The van der Waals surface area contributed by atoms with Crippen LogP contribution in [0, 0.1) is 5.92 Å². The van der Waals surface area contributed by atoms with Crippen LogP contribution in [0.3, 0.4) is 0 Å². The van der Waals surface area contributed by atoms with E-state index in [-0.39, 0.29) is 24.9 Å². The van der Waals surface area contributed by atoms with E-state index in [2.05, 4.69) is 15.5 Å². The molecule has 1 aromatic rings. The topological polar surface area (TPSA) is 42.7 Å². The zero-order chi connectivity index (χ0) is 14.0. The van der Waals surface area contributed by atoms with Crippen LogP contribution < -0.4 is 5.32 Å². The molecule has 1 saturated carbocycles. The molecule has 1 N–H and O–H groups in total. The highest BCUT2D eigenvalue weighted by Crippen LogP contribution is 2.37. The molecule has 0 amide bonds. The Labute approximate surface area is 110 Å². The second-order valence-electron chi connectivity index (χ2n) is 5.29. The van der Waals surface area contributed by atoms with Gasteiger partial charge in [0.1, 0.15) is 12.2 Å². The van der Waals surface area contributed by atoms with Gasteiger partial charge < -0.3 is 9.88 Å². The van der Waals surface area contributed by atoms with Crippen molar-refractivity contribution >= 4 is 0 Å². The first kappa shape index (κ1) is 14.3. The third kappa shape index (κ3) is 3.46. The van der Waals surface area contributed by atoms with Gasteiger partial charge in [0.15, 0.2) is 0 Å². The fourth-order valence-corrected chi connectivity index (χ4v) is 2.75. The average molecular weight is 276 g/mol. The van der Waals surface area contributed by atoms with E-state index >= 15 is 0 Å². The van der Waals surface area contributed by atoms with Gasteiger partial charge in [-0.15, -0.1) is 10.2 Å². The van der Waals surface area contributed by atoms with Gasteiger partial charge in [-0.1, -0.05) is 6.42 Å². The minimum atomic E-state index is -4.08. The molecule has 1 fully saturated rings. The van der Waals surface area contributed by atoms with Crippen molar-refractivity contribution in [2.24, 2.45) is 13.0 Å². The summed E-state index contributed by atoms with van der Waals surface area (Å²) in [4.78, 5) is 0. The van der Waals surface area contributed by atoms with Crippen LogP contribution in [0.25, 0.3) is 0 Å². The van der Waals surface area contributed by atoms with E-state index < -0.39 is 12.1 Å². The lowest BCUT2D eigenvalue weighted by molar-refractivity contribution is -0.183. The first-order valence-corrected chi connectivity index (χ1v) is 6.54. The summed E-state index contributed by atoms with van der Waals surface area (Å²) in [6, 6.07) is -0.198. The molecule has 0 spiro atoms. The fraction of sp³-hybridized carbons (Fsp3) is 0.833. The summed E-state index contributed by atoms with van der Waals surface area (Å²) < 4.78 is 40.0. The standard InChI is InChI=1S/C12H19F3N4/c1-8(11-18-16-7-19(11)2)17-10-5-3-4-9(6-10)12(13,14)15/h7-10,17H,3-6H2,1-2H3. The molecule has 3 atom stereocenters. The van der Waals surface area contributed by atoms with Crippen LogP contribution in [0.15, 0.2) is 6.33 Å². The molecule has 1 aliphatic rings. The minimum absolute atomic E-state index is 0.0931. The van der Waals surface area contributed by atoms with E-state index in [0.29, 0.717) is 6.42 Å². The predicted octanol–water partition coefficient (Wildman–Crippen LogP) is 2.59. The van der Waals surface area contributed by atoms with Crippen LogP contribution in [-0.4, -0.2) is 27.0 Å². The van der Waals surface area contributed by atoms with Crippen LogP contribution in [-0.2, 0) is 7.05 Å². The molecule has 4 nitrogen and oxygen atoms in total. The van der Waals surface area contributed by atoms with Gasteiger partial charge in [0.2, 0.25) is 0 Å². The molecular weight excluding hydrogens is 257 g/mol. The van der Waals surface area contributed by atoms with Gasteiger partial charge in [-0.05, 0) is 26.2 Å². The average Bonchev–Trinajstić information content (AvgIpc) is 2.75. The first-order chi connectivity index (χ1) is 8.88. The summed E-state index contributed by atoms with van der Waals surface area (Å²) in [7, 11) is 1.83. The Balaban J connectivity index is 1.94. The molecule has 0 aliphatic heterocycles. The Morgan fingerprint density at radius 2 is 2.16 bits per heavy atom. The van der Waals surface area contributed by atoms with E-state index in [4.69, 9.17) is 0 Å². The number of nitrogens with one attached hydrogen (secondary N) is 1. The van der Waals surface area contributed by atoms with Crippen molar-refractivity contribution in [1.29, 1.82) is 0 Å². The number of halogens is 3. The van der Waals surface area contributed by atoms with Crippen LogP contribution in [0.4, 0.5) is 13.2 Å². The van der Waals surface area contributed by atoms with Crippen molar-refractivity contribution in [3.8, 4) is 0 Å². The van der Waals surface area contributed by atoms with Gasteiger partial charge in [-0.2, -0.15) is 13.2 Å². The number of aromatic nitrogens is 3. The Morgan fingerprint density at radius 1 is 1.42 bits per heavy atom. The van der Waals surface area contributed by atoms with Gasteiger partial charge in [0.25, 0.3) is 0 Å². The normalized spacial score (nSPS) is 26.4.